The van der Waals surface area contributed by atoms with E-state index >= 15 is 0 Å². The standard InChI is InChI=1S/C20H17ClN2OS2/c1-13-5-7-15(8-6-13)22-20(25)18(23-11-3-4-14(2)12-23)19(24)16-9-10-17(21)26-16/h3-12H,1-2H3,(H-,22,24,25). The van der Waals surface area contributed by atoms with Crippen molar-refractivity contribution in [3.05, 3.63) is 81.3 Å². The Hall–Kier alpha value is -2.21. The minimum atomic E-state index is -0.165. The van der Waals surface area contributed by atoms with Crippen molar-refractivity contribution in [3.63, 3.8) is 0 Å². The van der Waals surface area contributed by atoms with Crippen LogP contribution in [0.5, 0.6) is 0 Å². The van der Waals surface area contributed by atoms with Gasteiger partial charge < -0.3 is 10.4 Å². The second-order valence-corrected chi connectivity index (χ2v) is 8.01. The van der Waals surface area contributed by atoms with Crippen LogP contribution >= 0.6 is 35.2 Å². The van der Waals surface area contributed by atoms with Crippen molar-refractivity contribution in [2.75, 3.05) is 5.32 Å². The molecular formula is C20H17ClN2OS2. The van der Waals surface area contributed by atoms with Crippen LogP contribution in [0.1, 0.15) is 16.0 Å². The molecule has 2 aromatic heterocycles. The van der Waals surface area contributed by atoms with Gasteiger partial charge in [-0.25, -0.2) is 0 Å². The molecule has 0 atom stereocenters. The maximum Gasteiger partial charge on any atom is 0.239 e. The Bertz CT molecular complexity index is 977. The number of hydrogen-bond donors (Lipinski definition) is 1. The largest absolute Gasteiger partial charge is 0.867 e. The lowest BCUT2D eigenvalue weighted by Crippen LogP contribution is -2.40. The lowest BCUT2D eigenvalue weighted by molar-refractivity contribution is -0.578. The molecule has 3 rings (SSSR count). The molecule has 3 aromatic rings. The zero-order valence-electron chi connectivity index (χ0n) is 14.3. The molecule has 0 aliphatic carbocycles. The highest BCUT2D eigenvalue weighted by atomic mass is 35.5. The molecule has 2 heterocycles. The number of aryl methyl sites for hydroxylation is 2. The van der Waals surface area contributed by atoms with E-state index in [0.29, 0.717) is 19.9 Å². The van der Waals surface area contributed by atoms with E-state index in [9.17, 15) is 5.11 Å². The van der Waals surface area contributed by atoms with E-state index in [2.05, 4.69) is 5.32 Å². The molecule has 0 aliphatic rings. The van der Waals surface area contributed by atoms with Gasteiger partial charge in [-0.05, 0) is 49.9 Å². The van der Waals surface area contributed by atoms with Gasteiger partial charge in [-0.1, -0.05) is 41.5 Å². The molecule has 0 spiro atoms. The fraction of sp³-hybridized carbons (Fsp3) is 0.100. The summed E-state index contributed by atoms with van der Waals surface area (Å²) in [5.74, 6) is -0.165. The van der Waals surface area contributed by atoms with Gasteiger partial charge in [0.2, 0.25) is 5.70 Å². The highest BCUT2D eigenvalue weighted by Gasteiger charge is 2.20. The summed E-state index contributed by atoms with van der Waals surface area (Å²) in [5, 5.41) is 16.3. The first-order valence-corrected chi connectivity index (χ1v) is 9.57. The molecule has 6 heteroatoms. The van der Waals surface area contributed by atoms with Crippen molar-refractivity contribution in [1.29, 1.82) is 0 Å². The van der Waals surface area contributed by atoms with Crippen molar-refractivity contribution in [1.82, 2.24) is 0 Å². The minimum Gasteiger partial charge on any atom is -0.867 e. The normalized spacial score (nSPS) is 11.8. The summed E-state index contributed by atoms with van der Waals surface area (Å²) >= 11 is 12.8. The van der Waals surface area contributed by atoms with Gasteiger partial charge in [-0.3, -0.25) is 0 Å². The zero-order chi connectivity index (χ0) is 18.7. The van der Waals surface area contributed by atoms with Gasteiger partial charge in [0, 0.05) is 22.2 Å². The van der Waals surface area contributed by atoms with Crippen LogP contribution in [0.3, 0.4) is 0 Å². The summed E-state index contributed by atoms with van der Waals surface area (Å²) in [6.07, 6.45) is 3.70. The summed E-state index contributed by atoms with van der Waals surface area (Å²) in [5.41, 5.74) is 3.41. The molecule has 0 radical (unpaired) electrons. The first-order chi connectivity index (χ1) is 12.4. The predicted octanol–water partition coefficient (Wildman–Crippen LogP) is 4.43. The molecule has 0 unspecified atom stereocenters. The molecule has 0 saturated carbocycles. The van der Waals surface area contributed by atoms with E-state index in [-0.39, 0.29) is 5.76 Å². The van der Waals surface area contributed by atoms with E-state index in [1.54, 1.807) is 16.7 Å². The fourth-order valence-corrected chi connectivity index (χ4v) is 3.75. The Labute approximate surface area is 167 Å². The van der Waals surface area contributed by atoms with Crippen molar-refractivity contribution in [2.24, 2.45) is 0 Å². The van der Waals surface area contributed by atoms with E-state index in [0.717, 1.165) is 16.8 Å². The highest BCUT2D eigenvalue weighted by molar-refractivity contribution is 7.81. The van der Waals surface area contributed by atoms with Gasteiger partial charge >= 0.3 is 0 Å². The molecule has 1 aromatic carbocycles. The third-order valence-electron chi connectivity index (χ3n) is 3.74. The van der Waals surface area contributed by atoms with Crippen molar-refractivity contribution in [3.8, 4) is 0 Å². The minimum absolute atomic E-state index is 0.165. The average molecular weight is 401 g/mol. The Morgan fingerprint density at radius 1 is 1.08 bits per heavy atom. The molecular weight excluding hydrogens is 384 g/mol. The van der Waals surface area contributed by atoms with Crippen molar-refractivity contribution >= 4 is 57.3 Å². The first-order valence-electron chi connectivity index (χ1n) is 7.97. The van der Waals surface area contributed by atoms with Crippen LogP contribution in [0.25, 0.3) is 11.5 Å². The molecule has 1 N–H and O–H groups in total. The number of benzene rings is 1. The number of anilines is 1. The zero-order valence-corrected chi connectivity index (χ0v) is 16.7. The maximum atomic E-state index is 13.1. The van der Waals surface area contributed by atoms with Gasteiger partial charge in [-0.15, -0.1) is 11.3 Å². The molecule has 132 valence electrons. The number of aromatic nitrogens is 1. The molecule has 0 saturated heterocycles. The molecule has 26 heavy (non-hydrogen) atoms. The van der Waals surface area contributed by atoms with Crippen molar-refractivity contribution in [2.45, 2.75) is 13.8 Å². The SMILES string of the molecule is Cc1ccc(NC(=S)C(=C([O-])c2ccc(Cl)s2)[n+]2cccc(C)c2)cc1. The van der Waals surface area contributed by atoms with Gasteiger partial charge in [0.25, 0.3) is 0 Å². The monoisotopic (exact) mass is 400 g/mol. The number of thiophene rings is 1. The molecule has 0 aliphatic heterocycles. The number of nitrogens with one attached hydrogen (secondary N) is 1. The smallest absolute Gasteiger partial charge is 0.239 e. The number of pyridine rings is 1. The second-order valence-electron chi connectivity index (χ2n) is 5.89. The van der Waals surface area contributed by atoms with Gasteiger partial charge in [0.1, 0.15) is 0 Å². The van der Waals surface area contributed by atoms with Crippen LogP contribution in [0.4, 0.5) is 5.69 Å². The van der Waals surface area contributed by atoms with Crippen LogP contribution in [0, 0.1) is 13.8 Å². The van der Waals surface area contributed by atoms with Crippen LogP contribution in [0.2, 0.25) is 4.34 Å². The predicted molar refractivity (Wildman–Crippen MR) is 111 cm³/mol. The summed E-state index contributed by atoms with van der Waals surface area (Å²) in [7, 11) is 0. The van der Waals surface area contributed by atoms with Crippen LogP contribution in [-0.4, -0.2) is 4.99 Å². The maximum absolute atomic E-state index is 13.1. The lowest BCUT2D eigenvalue weighted by atomic mass is 10.2. The van der Waals surface area contributed by atoms with E-state index in [4.69, 9.17) is 23.8 Å². The first kappa shape index (κ1) is 18.6. The van der Waals surface area contributed by atoms with Gasteiger partial charge in [0.15, 0.2) is 17.4 Å². The fourth-order valence-electron chi connectivity index (χ4n) is 2.45. The van der Waals surface area contributed by atoms with E-state index in [1.165, 1.54) is 11.3 Å². The van der Waals surface area contributed by atoms with Crippen LogP contribution in [-0.2, 0) is 0 Å². The number of thiocarbonyl (C=S) groups is 1. The summed E-state index contributed by atoms with van der Waals surface area (Å²) in [6.45, 7) is 3.99. The topological polar surface area (TPSA) is 39.0 Å². The summed E-state index contributed by atoms with van der Waals surface area (Å²) in [6, 6.07) is 15.2. The van der Waals surface area contributed by atoms with Gasteiger partial charge in [-0.2, -0.15) is 4.57 Å². The quantitative estimate of drug-likeness (QED) is 0.305. The Kier molecular flexibility index (Phi) is 5.71. The van der Waals surface area contributed by atoms with Crippen LogP contribution in [0.15, 0.2) is 60.9 Å². The number of rotatable bonds is 4. The average Bonchev–Trinajstić information content (AvgIpc) is 3.04. The second kappa shape index (κ2) is 7.99. The summed E-state index contributed by atoms with van der Waals surface area (Å²) < 4.78 is 2.33. The Morgan fingerprint density at radius 2 is 1.81 bits per heavy atom. The molecule has 3 nitrogen and oxygen atoms in total. The third kappa shape index (κ3) is 4.30. The van der Waals surface area contributed by atoms with Gasteiger partial charge in [0.05, 0.1) is 4.34 Å². The molecule has 0 amide bonds. The Morgan fingerprint density at radius 3 is 2.42 bits per heavy atom. The Balaban J connectivity index is 2.05. The van der Waals surface area contributed by atoms with E-state index < -0.39 is 0 Å². The lowest BCUT2D eigenvalue weighted by Gasteiger charge is -2.15. The summed E-state index contributed by atoms with van der Waals surface area (Å²) in [4.78, 5) is 0.908. The number of nitrogens with zero attached hydrogens (tertiary/aromatic N) is 1. The van der Waals surface area contributed by atoms with Crippen molar-refractivity contribution < 1.29 is 9.67 Å². The third-order valence-corrected chi connectivity index (χ3v) is 5.27. The highest BCUT2D eigenvalue weighted by Crippen LogP contribution is 2.27. The van der Waals surface area contributed by atoms with Crippen LogP contribution < -0.4 is 15.0 Å². The number of halogens is 1. The number of hydrogen-bond acceptors (Lipinski definition) is 3. The molecule has 0 bridgehead atoms. The van der Waals surface area contributed by atoms with E-state index in [1.807, 2.05) is 62.6 Å². The molecule has 0 fully saturated rings.